The number of ether oxygens (including phenoxy) is 1. The number of hydrogen-bond acceptors (Lipinski definition) is 5. The lowest BCUT2D eigenvalue weighted by molar-refractivity contribution is -0.119. The van der Waals surface area contributed by atoms with E-state index in [1.807, 2.05) is 19.1 Å². The highest BCUT2D eigenvalue weighted by atomic mass is 35.5. The Kier molecular flexibility index (Phi) is 8.04. The van der Waals surface area contributed by atoms with Gasteiger partial charge in [0.05, 0.1) is 24.8 Å². The Morgan fingerprint density at radius 3 is 2.55 bits per heavy atom. The molecule has 2 aromatic rings. The fourth-order valence-corrected chi connectivity index (χ4v) is 3.54. The van der Waals surface area contributed by atoms with E-state index >= 15 is 0 Å². The van der Waals surface area contributed by atoms with Gasteiger partial charge in [-0.1, -0.05) is 24.6 Å². The largest absolute Gasteiger partial charge is 0.494 e. The lowest BCUT2D eigenvalue weighted by Crippen LogP contribution is -2.39. The smallest absolute Gasteiger partial charge is 0.260 e. The molecule has 0 aliphatic heterocycles. The molecule has 156 valence electrons. The van der Waals surface area contributed by atoms with Crippen LogP contribution in [-0.4, -0.2) is 39.9 Å². The molecule has 2 rings (SSSR count). The maximum absolute atomic E-state index is 12.2. The van der Waals surface area contributed by atoms with Gasteiger partial charge in [0, 0.05) is 5.02 Å². The Morgan fingerprint density at radius 2 is 1.93 bits per heavy atom. The number of nitrogens with zero attached hydrogens (tertiary/aromatic N) is 2. The van der Waals surface area contributed by atoms with E-state index in [4.69, 9.17) is 16.3 Å². The van der Waals surface area contributed by atoms with Crippen LogP contribution in [0, 0.1) is 6.92 Å². The van der Waals surface area contributed by atoms with Crippen molar-refractivity contribution in [2.24, 2.45) is 5.10 Å². The van der Waals surface area contributed by atoms with Crippen LogP contribution >= 0.6 is 11.6 Å². The SMILES string of the molecule is CCCOc1ccc(/C=N\NC(=O)CN(c2cccc(Cl)c2C)S(C)(=O)=O)cc1. The molecule has 1 N–H and O–H groups in total. The molecule has 0 aliphatic carbocycles. The number of halogens is 1. The van der Waals surface area contributed by atoms with E-state index in [0.717, 1.165) is 28.3 Å². The highest BCUT2D eigenvalue weighted by Crippen LogP contribution is 2.27. The van der Waals surface area contributed by atoms with Crippen molar-refractivity contribution in [1.82, 2.24) is 5.43 Å². The molecule has 7 nitrogen and oxygen atoms in total. The fraction of sp³-hybridized carbons (Fsp3) is 0.300. The lowest BCUT2D eigenvalue weighted by atomic mass is 10.2. The summed E-state index contributed by atoms with van der Waals surface area (Å²) in [6.07, 6.45) is 3.43. The van der Waals surface area contributed by atoms with E-state index < -0.39 is 22.5 Å². The molecule has 0 aliphatic rings. The second kappa shape index (κ2) is 10.3. The van der Waals surface area contributed by atoms with Crippen molar-refractivity contribution in [3.8, 4) is 5.75 Å². The zero-order valence-corrected chi connectivity index (χ0v) is 18.1. The van der Waals surface area contributed by atoms with Crippen LogP contribution in [0.1, 0.15) is 24.5 Å². The third kappa shape index (κ3) is 6.76. The maximum Gasteiger partial charge on any atom is 0.260 e. The number of amides is 1. The normalized spacial score (nSPS) is 11.4. The first-order chi connectivity index (χ1) is 13.7. The summed E-state index contributed by atoms with van der Waals surface area (Å²) >= 11 is 6.08. The monoisotopic (exact) mass is 437 g/mol. The number of hydrazone groups is 1. The predicted molar refractivity (Wildman–Crippen MR) is 116 cm³/mol. The zero-order chi connectivity index (χ0) is 21.4. The third-order valence-corrected chi connectivity index (χ3v) is 5.49. The lowest BCUT2D eigenvalue weighted by Gasteiger charge is -2.23. The van der Waals surface area contributed by atoms with Gasteiger partial charge in [-0.05, 0) is 60.9 Å². The van der Waals surface area contributed by atoms with E-state index in [-0.39, 0.29) is 0 Å². The maximum atomic E-state index is 12.2. The predicted octanol–water partition coefficient (Wildman–Crippen LogP) is 3.35. The molecule has 2 aromatic carbocycles. The van der Waals surface area contributed by atoms with Crippen LogP contribution in [0.15, 0.2) is 47.6 Å². The van der Waals surface area contributed by atoms with E-state index in [1.54, 1.807) is 37.3 Å². The molecule has 0 spiro atoms. The van der Waals surface area contributed by atoms with Crippen LogP contribution in [0.4, 0.5) is 5.69 Å². The van der Waals surface area contributed by atoms with Gasteiger partial charge in [-0.15, -0.1) is 0 Å². The minimum atomic E-state index is -3.69. The van der Waals surface area contributed by atoms with Crippen molar-refractivity contribution in [3.05, 3.63) is 58.6 Å². The number of anilines is 1. The number of nitrogens with one attached hydrogen (secondary N) is 1. The topological polar surface area (TPSA) is 88.1 Å². The number of carbonyl (C=O) groups is 1. The van der Waals surface area contributed by atoms with Crippen LogP contribution in [0.5, 0.6) is 5.75 Å². The van der Waals surface area contributed by atoms with Crippen molar-refractivity contribution in [2.75, 3.05) is 23.7 Å². The standard InChI is InChI=1S/C20H24ClN3O4S/c1-4-12-28-17-10-8-16(9-11-17)13-22-23-20(25)14-24(29(3,26)27)19-7-5-6-18(21)15(19)2/h5-11,13H,4,12,14H2,1-3H3,(H,23,25)/b22-13-. The number of sulfonamides is 1. The van der Waals surface area contributed by atoms with Gasteiger partial charge in [-0.25, -0.2) is 13.8 Å². The van der Waals surface area contributed by atoms with Crippen LogP contribution in [-0.2, 0) is 14.8 Å². The average Bonchev–Trinajstić information content (AvgIpc) is 2.67. The van der Waals surface area contributed by atoms with Gasteiger partial charge in [0.2, 0.25) is 10.0 Å². The van der Waals surface area contributed by atoms with Crippen molar-refractivity contribution in [3.63, 3.8) is 0 Å². The summed E-state index contributed by atoms with van der Waals surface area (Å²) in [5, 5.41) is 4.31. The summed E-state index contributed by atoms with van der Waals surface area (Å²) < 4.78 is 30.9. The van der Waals surface area contributed by atoms with Gasteiger partial charge < -0.3 is 4.74 Å². The second-order valence-electron chi connectivity index (χ2n) is 6.36. The highest BCUT2D eigenvalue weighted by Gasteiger charge is 2.22. The fourth-order valence-electron chi connectivity index (χ4n) is 2.46. The second-order valence-corrected chi connectivity index (χ2v) is 8.68. The van der Waals surface area contributed by atoms with E-state index in [1.165, 1.54) is 6.21 Å². The first-order valence-electron chi connectivity index (χ1n) is 9.00. The first kappa shape index (κ1) is 22.7. The molecule has 0 atom stereocenters. The quantitative estimate of drug-likeness (QED) is 0.481. The van der Waals surface area contributed by atoms with E-state index in [0.29, 0.717) is 22.9 Å². The zero-order valence-electron chi connectivity index (χ0n) is 16.6. The van der Waals surface area contributed by atoms with Crippen molar-refractivity contribution in [1.29, 1.82) is 0 Å². The Labute approximate surface area is 176 Å². The molecule has 0 heterocycles. The van der Waals surface area contributed by atoms with Crippen LogP contribution < -0.4 is 14.5 Å². The average molecular weight is 438 g/mol. The van der Waals surface area contributed by atoms with Gasteiger partial charge in [0.15, 0.2) is 0 Å². The summed E-state index contributed by atoms with van der Waals surface area (Å²) in [6.45, 7) is 3.95. The van der Waals surface area contributed by atoms with Gasteiger partial charge in [-0.2, -0.15) is 5.10 Å². The number of rotatable bonds is 9. The summed E-state index contributed by atoms with van der Waals surface area (Å²) in [5.74, 6) is 0.183. The van der Waals surface area contributed by atoms with Crippen LogP contribution in [0.3, 0.4) is 0 Å². The Morgan fingerprint density at radius 1 is 1.24 bits per heavy atom. The molecule has 0 aromatic heterocycles. The van der Waals surface area contributed by atoms with Crippen molar-refractivity contribution >= 4 is 39.4 Å². The van der Waals surface area contributed by atoms with E-state index in [9.17, 15) is 13.2 Å². The van der Waals surface area contributed by atoms with Crippen LogP contribution in [0.25, 0.3) is 0 Å². The Balaban J connectivity index is 2.03. The molecule has 0 saturated heterocycles. The molecule has 0 unspecified atom stereocenters. The molecule has 29 heavy (non-hydrogen) atoms. The van der Waals surface area contributed by atoms with Gasteiger partial charge in [-0.3, -0.25) is 9.10 Å². The highest BCUT2D eigenvalue weighted by molar-refractivity contribution is 7.92. The van der Waals surface area contributed by atoms with E-state index in [2.05, 4.69) is 10.5 Å². The molecule has 0 saturated carbocycles. The number of carbonyl (C=O) groups excluding carboxylic acids is 1. The number of hydrogen-bond donors (Lipinski definition) is 1. The summed E-state index contributed by atoms with van der Waals surface area (Å²) in [5.41, 5.74) is 4.03. The van der Waals surface area contributed by atoms with Gasteiger partial charge >= 0.3 is 0 Å². The van der Waals surface area contributed by atoms with Gasteiger partial charge in [0.25, 0.3) is 5.91 Å². The Bertz CT molecular complexity index is 976. The summed E-state index contributed by atoms with van der Waals surface area (Å²) in [4.78, 5) is 12.2. The minimum absolute atomic E-state index is 0.349. The van der Waals surface area contributed by atoms with Crippen molar-refractivity contribution < 1.29 is 17.9 Å². The Hall–Kier alpha value is -2.58. The molecular weight excluding hydrogens is 414 g/mol. The molecule has 1 amide bonds. The molecule has 9 heteroatoms. The third-order valence-electron chi connectivity index (χ3n) is 3.95. The van der Waals surface area contributed by atoms with Gasteiger partial charge in [0.1, 0.15) is 12.3 Å². The van der Waals surface area contributed by atoms with Crippen LogP contribution in [0.2, 0.25) is 5.02 Å². The molecule has 0 fully saturated rings. The van der Waals surface area contributed by atoms with Crippen molar-refractivity contribution in [2.45, 2.75) is 20.3 Å². The number of benzene rings is 2. The summed E-state index contributed by atoms with van der Waals surface area (Å²) in [6, 6.07) is 12.1. The summed E-state index contributed by atoms with van der Waals surface area (Å²) in [7, 11) is -3.69. The molecular formula is C20H24ClN3O4S. The molecule has 0 radical (unpaired) electrons. The first-order valence-corrected chi connectivity index (χ1v) is 11.2. The molecule has 0 bridgehead atoms. The minimum Gasteiger partial charge on any atom is -0.494 e.